The zero-order valence-corrected chi connectivity index (χ0v) is 13.1. The highest BCUT2D eigenvalue weighted by Crippen LogP contribution is 2.45. The average Bonchev–Trinajstić information content (AvgIpc) is 2.44. The molecular formula is C15H28N4O2. The summed E-state index contributed by atoms with van der Waals surface area (Å²) in [5.41, 5.74) is 4.96. The molecule has 2 fully saturated rings. The van der Waals surface area contributed by atoms with Crippen LogP contribution in [0, 0.1) is 17.3 Å². The predicted octanol–water partition coefficient (Wildman–Crippen LogP) is 0.997. The fourth-order valence-electron chi connectivity index (χ4n) is 3.65. The smallest absolute Gasteiger partial charge is 0.233 e. The molecule has 0 aromatic rings. The van der Waals surface area contributed by atoms with E-state index in [4.69, 9.17) is 10.9 Å². The summed E-state index contributed by atoms with van der Waals surface area (Å²) in [6.45, 7) is 5.05. The summed E-state index contributed by atoms with van der Waals surface area (Å²) in [4.78, 5) is 14.7. The second kappa shape index (κ2) is 6.64. The van der Waals surface area contributed by atoms with Gasteiger partial charge in [0.2, 0.25) is 5.91 Å². The molecule has 0 radical (unpaired) electrons. The summed E-state index contributed by atoms with van der Waals surface area (Å²) in [7, 11) is 2.15. The SMILES string of the molecule is CC1CC(C(=O)NCCC2CCN(C)CC2)(C(N)=NO)C1. The number of nitrogens with two attached hydrogens (primary N) is 1. The van der Waals surface area contributed by atoms with E-state index in [0.717, 1.165) is 19.5 Å². The zero-order valence-electron chi connectivity index (χ0n) is 13.1. The molecular weight excluding hydrogens is 268 g/mol. The Morgan fingerprint density at radius 1 is 1.43 bits per heavy atom. The van der Waals surface area contributed by atoms with Crippen molar-refractivity contribution in [2.75, 3.05) is 26.7 Å². The molecule has 0 aromatic heterocycles. The van der Waals surface area contributed by atoms with Crippen LogP contribution in [0.4, 0.5) is 0 Å². The van der Waals surface area contributed by atoms with Crippen LogP contribution in [0.15, 0.2) is 5.16 Å². The summed E-state index contributed by atoms with van der Waals surface area (Å²) in [5, 5.41) is 15.0. The molecule has 1 heterocycles. The Hall–Kier alpha value is -1.30. The van der Waals surface area contributed by atoms with Crippen molar-refractivity contribution in [3.05, 3.63) is 0 Å². The normalized spacial score (nSPS) is 31.7. The molecule has 4 N–H and O–H groups in total. The first-order valence-electron chi connectivity index (χ1n) is 7.93. The lowest BCUT2D eigenvalue weighted by Gasteiger charge is -2.43. The monoisotopic (exact) mass is 296 g/mol. The van der Waals surface area contributed by atoms with E-state index in [0.29, 0.717) is 31.2 Å². The molecule has 0 spiro atoms. The van der Waals surface area contributed by atoms with Gasteiger partial charge in [0.05, 0.1) is 0 Å². The van der Waals surface area contributed by atoms with Crippen molar-refractivity contribution in [2.24, 2.45) is 28.1 Å². The van der Waals surface area contributed by atoms with Crippen molar-refractivity contribution in [1.82, 2.24) is 10.2 Å². The minimum absolute atomic E-state index is 0.0531. The zero-order chi connectivity index (χ0) is 15.5. The number of nitrogens with zero attached hydrogens (tertiary/aromatic N) is 2. The molecule has 1 saturated carbocycles. The Morgan fingerprint density at radius 2 is 2.05 bits per heavy atom. The maximum absolute atomic E-state index is 12.4. The molecule has 0 aromatic carbocycles. The topological polar surface area (TPSA) is 91.0 Å². The van der Waals surface area contributed by atoms with Crippen LogP contribution in [0.3, 0.4) is 0 Å². The van der Waals surface area contributed by atoms with E-state index < -0.39 is 5.41 Å². The van der Waals surface area contributed by atoms with Crippen LogP contribution < -0.4 is 11.1 Å². The van der Waals surface area contributed by atoms with Crippen molar-refractivity contribution in [3.63, 3.8) is 0 Å². The number of amides is 1. The highest BCUT2D eigenvalue weighted by Gasteiger charge is 2.52. The van der Waals surface area contributed by atoms with Gasteiger partial charge in [0, 0.05) is 6.54 Å². The van der Waals surface area contributed by atoms with Gasteiger partial charge in [-0.05, 0) is 64.1 Å². The highest BCUT2D eigenvalue weighted by atomic mass is 16.4. The van der Waals surface area contributed by atoms with Crippen molar-refractivity contribution in [1.29, 1.82) is 0 Å². The summed E-state index contributed by atoms with van der Waals surface area (Å²) < 4.78 is 0. The third-order valence-electron chi connectivity index (χ3n) is 5.10. The molecule has 1 aliphatic carbocycles. The molecule has 0 unspecified atom stereocenters. The minimum atomic E-state index is -0.777. The first kappa shape index (κ1) is 16.1. The van der Waals surface area contributed by atoms with E-state index in [9.17, 15) is 4.79 Å². The number of likely N-dealkylation sites (tertiary alicyclic amines) is 1. The molecule has 0 bridgehead atoms. The Kier molecular flexibility index (Phi) is 5.08. The average molecular weight is 296 g/mol. The number of carbonyl (C=O) groups excluding carboxylic acids is 1. The summed E-state index contributed by atoms with van der Waals surface area (Å²) in [6.07, 6.45) is 4.76. The molecule has 6 nitrogen and oxygen atoms in total. The van der Waals surface area contributed by atoms with Gasteiger partial charge in [-0.2, -0.15) is 0 Å². The second-order valence-corrected chi connectivity index (χ2v) is 6.87. The Bertz CT molecular complexity index is 396. The molecule has 2 rings (SSSR count). The largest absolute Gasteiger partial charge is 0.409 e. The van der Waals surface area contributed by atoms with Crippen LogP contribution in [0.5, 0.6) is 0 Å². The number of carbonyl (C=O) groups is 1. The van der Waals surface area contributed by atoms with Crippen molar-refractivity contribution < 1.29 is 10.0 Å². The number of rotatable bonds is 5. The third-order valence-corrected chi connectivity index (χ3v) is 5.10. The number of piperidine rings is 1. The highest BCUT2D eigenvalue weighted by molar-refractivity contribution is 6.07. The van der Waals surface area contributed by atoms with Gasteiger partial charge in [-0.3, -0.25) is 4.79 Å². The van der Waals surface area contributed by atoms with Gasteiger partial charge in [-0.1, -0.05) is 12.1 Å². The summed E-state index contributed by atoms with van der Waals surface area (Å²) in [6, 6.07) is 0. The van der Waals surface area contributed by atoms with Gasteiger partial charge in [-0.15, -0.1) is 0 Å². The van der Waals surface area contributed by atoms with E-state index >= 15 is 0 Å². The van der Waals surface area contributed by atoms with Gasteiger partial charge in [-0.25, -0.2) is 0 Å². The Labute approximate surface area is 126 Å². The van der Waals surface area contributed by atoms with Crippen molar-refractivity contribution >= 4 is 11.7 Å². The Balaban J connectivity index is 1.78. The number of oxime groups is 1. The van der Waals surface area contributed by atoms with E-state index in [-0.39, 0.29) is 11.7 Å². The fraction of sp³-hybridized carbons (Fsp3) is 0.867. The van der Waals surface area contributed by atoms with Crippen LogP contribution in [-0.2, 0) is 4.79 Å². The van der Waals surface area contributed by atoms with Crippen LogP contribution in [0.2, 0.25) is 0 Å². The van der Waals surface area contributed by atoms with E-state index in [1.807, 2.05) is 0 Å². The van der Waals surface area contributed by atoms with E-state index in [2.05, 4.69) is 29.3 Å². The van der Waals surface area contributed by atoms with Gasteiger partial charge in [0.15, 0.2) is 5.84 Å². The van der Waals surface area contributed by atoms with Crippen LogP contribution in [0.25, 0.3) is 0 Å². The third kappa shape index (κ3) is 3.48. The van der Waals surface area contributed by atoms with Gasteiger partial charge < -0.3 is 21.2 Å². The van der Waals surface area contributed by atoms with Crippen molar-refractivity contribution in [3.8, 4) is 0 Å². The lowest BCUT2D eigenvalue weighted by molar-refractivity contribution is -0.133. The molecule has 6 heteroatoms. The minimum Gasteiger partial charge on any atom is -0.409 e. The second-order valence-electron chi connectivity index (χ2n) is 6.87. The van der Waals surface area contributed by atoms with Gasteiger partial charge in [0.25, 0.3) is 0 Å². The Morgan fingerprint density at radius 3 is 2.57 bits per heavy atom. The maximum Gasteiger partial charge on any atom is 0.233 e. The molecule has 1 saturated heterocycles. The van der Waals surface area contributed by atoms with E-state index in [1.54, 1.807) is 0 Å². The molecule has 2 aliphatic rings. The van der Waals surface area contributed by atoms with Crippen LogP contribution >= 0.6 is 0 Å². The first-order chi connectivity index (χ1) is 9.98. The van der Waals surface area contributed by atoms with Crippen LogP contribution in [0.1, 0.15) is 39.0 Å². The summed E-state index contributed by atoms with van der Waals surface area (Å²) in [5.74, 6) is 1.12. The first-order valence-corrected chi connectivity index (χ1v) is 7.93. The number of hydrogen-bond donors (Lipinski definition) is 3. The molecule has 0 atom stereocenters. The standard InChI is InChI=1S/C15H28N4O2/c1-11-9-15(10-11,13(16)18-21)14(20)17-6-3-12-4-7-19(2)8-5-12/h11-12,21H,3-10H2,1-2H3,(H2,16,18)(H,17,20). The molecule has 1 amide bonds. The van der Waals surface area contributed by atoms with Gasteiger partial charge >= 0.3 is 0 Å². The number of nitrogens with one attached hydrogen (secondary N) is 1. The quantitative estimate of drug-likeness (QED) is 0.305. The number of hydrogen-bond acceptors (Lipinski definition) is 4. The molecule has 1 aliphatic heterocycles. The lowest BCUT2D eigenvalue weighted by atomic mass is 9.61. The van der Waals surface area contributed by atoms with E-state index in [1.165, 1.54) is 12.8 Å². The number of amidine groups is 1. The lowest BCUT2D eigenvalue weighted by Crippen LogP contribution is -2.57. The predicted molar refractivity (Wildman–Crippen MR) is 82.1 cm³/mol. The van der Waals surface area contributed by atoms with Crippen LogP contribution in [-0.4, -0.2) is 48.5 Å². The molecule has 120 valence electrons. The fourth-order valence-corrected chi connectivity index (χ4v) is 3.65. The molecule has 21 heavy (non-hydrogen) atoms. The maximum atomic E-state index is 12.4. The summed E-state index contributed by atoms with van der Waals surface area (Å²) >= 11 is 0. The van der Waals surface area contributed by atoms with Crippen molar-refractivity contribution in [2.45, 2.75) is 39.0 Å². The van der Waals surface area contributed by atoms with Gasteiger partial charge in [0.1, 0.15) is 5.41 Å².